The topological polar surface area (TPSA) is 24.8 Å². The van der Waals surface area contributed by atoms with E-state index in [4.69, 9.17) is 4.74 Å². The van der Waals surface area contributed by atoms with Crippen molar-refractivity contribution in [2.24, 2.45) is 10.9 Å². The van der Waals surface area contributed by atoms with Crippen LogP contribution < -0.4 is 9.64 Å². The first kappa shape index (κ1) is 13.9. The molecule has 4 heteroatoms. The van der Waals surface area contributed by atoms with Gasteiger partial charge >= 0.3 is 0 Å². The summed E-state index contributed by atoms with van der Waals surface area (Å²) in [4.78, 5) is 8.35. The van der Waals surface area contributed by atoms with Gasteiger partial charge in [-0.05, 0) is 59.9 Å². The molecule has 0 bridgehead atoms. The van der Waals surface area contributed by atoms with Crippen molar-refractivity contribution >= 4 is 23.8 Å². The molecule has 3 aliphatic rings. The van der Waals surface area contributed by atoms with Crippen molar-refractivity contribution in [2.45, 2.75) is 31.6 Å². The third-order valence-electron chi connectivity index (χ3n) is 4.65. The minimum atomic E-state index is 0.348. The molecule has 1 aromatic carbocycles. The van der Waals surface area contributed by atoms with Crippen LogP contribution in [0.15, 0.2) is 51.5 Å². The molecular weight excluding hydrogens is 292 g/mol. The number of methoxy groups -OCH3 is 1. The number of fused-ring (bicyclic) bond motifs is 2. The average molecular weight is 312 g/mol. The van der Waals surface area contributed by atoms with Gasteiger partial charge in [0.2, 0.25) is 0 Å². The van der Waals surface area contributed by atoms with Crippen LogP contribution in [0.5, 0.6) is 5.75 Å². The summed E-state index contributed by atoms with van der Waals surface area (Å²) < 4.78 is 5.26. The predicted octanol–water partition coefficient (Wildman–Crippen LogP) is 4.57. The second kappa shape index (κ2) is 5.51. The molecule has 0 saturated heterocycles. The normalized spacial score (nSPS) is 26.6. The van der Waals surface area contributed by atoms with Crippen LogP contribution in [0.1, 0.15) is 26.2 Å². The molecular formula is C18H20N2OS. The van der Waals surface area contributed by atoms with Crippen LogP contribution in [0.2, 0.25) is 0 Å². The van der Waals surface area contributed by atoms with Gasteiger partial charge in [0.15, 0.2) is 0 Å². The monoisotopic (exact) mass is 312 g/mol. The zero-order chi connectivity index (χ0) is 15.1. The third kappa shape index (κ3) is 2.26. The van der Waals surface area contributed by atoms with Gasteiger partial charge in [-0.25, -0.2) is 4.99 Å². The van der Waals surface area contributed by atoms with Crippen molar-refractivity contribution in [3.05, 3.63) is 46.5 Å². The maximum atomic E-state index is 5.26. The number of benzene rings is 1. The SMILES string of the molecule is COc1ccc(N2C=NC=C3C4=C(CC(C)CC4)SC32)cc1. The van der Waals surface area contributed by atoms with E-state index < -0.39 is 0 Å². The number of thioether (sulfide) groups is 1. The molecule has 114 valence electrons. The van der Waals surface area contributed by atoms with Gasteiger partial charge in [-0.1, -0.05) is 18.7 Å². The molecule has 3 nitrogen and oxygen atoms in total. The molecule has 2 aliphatic heterocycles. The Kier molecular flexibility index (Phi) is 3.49. The highest BCUT2D eigenvalue weighted by molar-refractivity contribution is 8.04. The van der Waals surface area contributed by atoms with E-state index in [1.807, 2.05) is 30.2 Å². The first-order valence-corrected chi connectivity index (χ1v) is 8.69. The van der Waals surface area contributed by atoms with Crippen molar-refractivity contribution in [1.29, 1.82) is 0 Å². The van der Waals surface area contributed by atoms with Gasteiger partial charge in [-0.3, -0.25) is 0 Å². The maximum absolute atomic E-state index is 5.26. The summed E-state index contributed by atoms with van der Waals surface area (Å²) in [5.41, 5.74) is 4.13. The zero-order valence-corrected chi connectivity index (χ0v) is 13.8. The quantitative estimate of drug-likeness (QED) is 0.799. The molecule has 0 N–H and O–H groups in total. The highest BCUT2D eigenvalue weighted by Gasteiger charge is 2.37. The van der Waals surface area contributed by atoms with Crippen molar-refractivity contribution in [3.63, 3.8) is 0 Å². The van der Waals surface area contributed by atoms with E-state index in [0.29, 0.717) is 5.37 Å². The number of nitrogens with zero attached hydrogens (tertiary/aromatic N) is 2. The van der Waals surface area contributed by atoms with Gasteiger partial charge in [0, 0.05) is 17.5 Å². The minimum absolute atomic E-state index is 0.348. The Bertz CT molecular complexity index is 675. The first-order valence-electron chi connectivity index (χ1n) is 7.81. The lowest BCUT2D eigenvalue weighted by molar-refractivity contribution is 0.415. The van der Waals surface area contributed by atoms with Gasteiger partial charge < -0.3 is 9.64 Å². The van der Waals surface area contributed by atoms with Gasteiger partial charge in [0.25, 0.3) is 0 Å². The zero-order valence-electron chi connectivity index (χ0n) is 13.0. The highest BCUT2D eigenvalue weighted by Crippen LogP contribution is 2.51. The number of rotatable bonds is 2. The van der Waals surface area contributed by atoms with E-state index in [1.54, 1.807) is 17.6 Å². The van der Waals surface area contributed by atoms with Crippen LogP contribution in [-0.4, -0.2) is 18.8 Å². The smallest absolute Gasteiger partial charge is 0.119 e. The van der Waals surface area contributed by atoms with Gasteiger partial charge in [-0.15, -0.1) is 0 Å². The molecule has 2 atom stereocenters. The van der Waals surface area contributed by atoms with Gasteiger partial charge in [0.05, 0.1) is 13.4 Å². The van der Waals surface area contributed by atoms with Crippen molar-refractivity contribution in [1.82, 2.24) is 0 Å². The molecule has 2 unspecified atom stereocenters. The number of anilines is 1. The van der Waals surface area contributed by atoms with Crippen LogP contribution >= 0.6 is 11.8 Å². The summed E-state index contributed by atoms with van der Waals surface area (Å²) in [5.74, 6) is 1.70. The number of hydrogen-bond donors (Lipinski definition) is 0. The van der Waals surface area contributed by atoms with Crippen molar-refractivity contribution in [3.8, 4) is 5.75 Å². The molecule has 2 heterocycles. The minimum Gasteiger partial charge on any atom is -0.497 e. The van der Waals surface area contributed by atoms with Crippen LogP contribution in [-0.2, 0) is 0 Å². The Morgan fingerprint density at radius 3 is 2.86 bits per heavy atom. The number of ether oxygens (including phenoxy) is 1. The van der Waals surface area contributed by atoms with Gasteiger partial charge in [-0.2, -0.15) is 0 Å². The van der Waals surface area contributed by atoms with Gasteiger partial charge in [0.1, 0.15) is 11.1 Å². The lowest BCUT2D eigenvalue weighted by Gasteiger charge is -2.30. The molecule has 1 aliphatic carbocycles. The molecule has 0 amide bonds. The second-order valence-electron chi connectivity index (χ2n) is 6.17. The van der Waals surface area contributed by atoms with Crippen molar-refractivity contribution in [2.75, 3.05) is 12.0 Å². The fraction of sp³-hybridized carbons (Fsp3) is 0.389. The summed E-state index contributed by atoms with van der Waals surface area (Å²) in [5, 5.41) is 0.348. The molecule has 0 saturated carbocycles. The summed E-state index contributed by atoms with van der Waals surface area (Å²) in [6, 6.07) is 8.23. The highest BCUT2D eigenvalue weighted by atomic mass is 32.2. The Balaban J connectivity index is 1.63. The van der Waals surface area contributed by atoms with E-state index in [1.165, 1.54) is 30.5 Å². The van der Waals surface area contributed by atoms with Crippen LogP contribution in [0.25, 0.3) is 0 Å². The molecule has 0 radical (unpaired) electrons. The van der Waals surface area contributed by atoms with Crippen LogP contribution in [0, 0.1) is 5.92 Å². The molecule has 0 fully saturated rings. The summed E-state index contributed by atoms with van der Waals surface area (Å²) in [6.07, 6.45) is 7.75. The van der Waals surface area contributed by atoms with Crippen molar-refractivity contribution < 1.29 is 4.74 Å². The van der Waals surface area contributed by atoms with E-state index in [9.17, 15) is 0 Å². The first-order chi connectivity index (χ1) is 10.8. The molecule has 0 aromatic heterocycles. The van der Waals surface area contributed by atoms with E-state index in [-0.39, 0.29) is 0 Å². The fourth-order valence-corrected chi connectivity index (χ4v) is 5.03. The molecule has 0 spiro atoms. The lowest BCUT2D eigenvalue weighted by atomic mass is 9.87. The predicted molar refractivity (Wildman–Crippen MR) is 93.5 cm³/mol. The Morgan fingerprint density at radius 1 is 1.27 bits per heavy atom. The van der Waals surface area contributed by atoms with E-state index in [2.05, 4.69) is 35.1 Å². The Hall–Kier alpha value is -1.68. The average Bonchev–Trinajstić information content (AvgIpc) is 2.92. The molecule has 22 heavy (non-hydrogen) atoms. The number of hydrogen-bond acceptors (Lipinski definition) is 4. The van der Waals surface area contributed by atoms with E-state index >= 15 is 0 Å². The summed E-state index contributed by atoms with van der Waals surface area (Å²) in [7, 11) is 1.70. The largest absolute Gasteiger partial charge is 0.497 e. The Morgan fingerprint density at radius 2 is 2.09 bits per heavy atom. The standard InChI is InChI=1S/C18H20N2OS/c1-12-3-8-15-16-10-19-11-20(18(16)22-17(15)9-12)13-4-6-14(21-2)7-5-13/h4-7,10-12,18H,3,8-9H2,1-2H3. The molecule has 1 aromatic rings. The molecule has 4 rings (SSSR count). The lowest BCUT2D eigenvalue weighted by Crippen LogP contribution is -2.33. The fourth-order valence-electron chi connectivity index (χ4n) is 3.39. The number of aliphatic imine (C=N–C) groups is 1. The summed E-state index contributed by atoms with van der Waals surface area (Å²) >= 11 is 2.01. The summed E-state index contributed by atoms with van der Waals surface area (Å²) in [6.45, 7) is 2.36. The number of allylic oxidation sites excluding steroid dienone is 1. The van der Waals surface area contributed by atoms with Crippen LogP contribution in [0.3, 0.4) is 0 Å². The Labute approximate surface area is 135 Å². The second-order valence-corrected chi connectivity index (χ2v) is 7.35. The third-order valence-corrected chi connectivity index (χ3v) is 6.06. The van der Waals surface area contributed by atoms with Crippen LogP contribution in [0.4, 0.5) is 5.69 Å². The maximum Gasteiger partial charge on any atom is 0.119 e. The van der Waals surface area contributed by atoms with E-state index in [0.717, 1.165) is 11.7 Å².